The Balaban J connectivity index is 1.65. The highest BCUT2D eigenvalue weighted by Gasteiger charge is 2.19. The summed E-state index contributed by atoms with van der Waals surface area (Å²) in [5, 5.41) is 11.1. The average Bonchev–Trinajstić information content (AvgIpc) is 2.62. The summed E-state index contributed by atoms with van der Waals surface area (Å²) in [4.78, 5) is 15.4. The summed E-state index contributed by atoms with van der Waals surface area (Å²) in [6.07, 6.45) is -1.04. The number of nitrogens with one attached hydrogen (secondary N) is 1. The number of carboxylic acid groups (broad SMARTS) is 1. The minimum atomic E-state index is -1.04. The van der Waals surface area contributed by atoms with Gasteiger partial charge in [0.2, 0.25) is 0 Å². The molecule has 0 bridgehead atoms. The van der Waals surface area contributed by atoms with Crippen molar-refractivity contribution < 1.29 is 14.6 Å². The molecule has 1 fully saturated rings. The minimum absolute atomic E-state index is 0.587. The van der Waals surface area contributed by atoms with Crippen LogP contribution in [0.15, 0.2) is 36.4 Å². The molecule has 1 aliphatic heterocycles. The highest BCUT2D eigenvalue weighted by atomic mass is 16.5. The van der Waals surface area contributed by atoms with Gasteiger partial charge in [-0.3, -0.25) is 5.32 Å². The first-order valence-electron chi connectivity index (χ1n) is 8.73. The summed E-state index contributed by atoms with van der Waals surface area (Å²) in [7, 11) is 1.71. The molecule has 0 radical (unpaired) electrons. The monoisotopic (exact) mass is 355 g/mol. The van der Waals surface area contributed by atoms with Gasteiger partial charge in [0.05, 0.1) is 7.11 Å². The summed E-state index contributed by atoms with van der Waals surface area (Å²) >= 11 is 0. The first kappa shape index (κ1) is 17.9. The number of anilines is 3. The third-order valence-electron chi connectivity index (χ3n) is 4.78. The van der Waals surface area contributed by atoms with Crippen LogP contribution in [0, 0.1) is 13.8 Å². The Morgan fingerprint density at radius 2 is 1.46 bits per heavy atom. The Hall–Kier alpha value is -2.89. The van der Waals surface area contributed by atoms with Crippen molar-refractivity contribution in [3.63, 3.8) is 0 Å². The number of methoxy groups -OCH3 is 1. The molecule has 26 heavy (non-hydrogen) atoms. The maximum absolute atomic E-state index is 10.7. The van der Waals surface area contributed by atoms with Gasteiger partial charge in [-0.05, 0) is 61.4 Å². The summed E-state index contributed by atoms with van der Waals surface area (Å²) in [6, 6.07) is 11.9. The second kappa shape index (κ2) is 7.56. The zero-order valence-corrected chi connectivity index (χ0v) is 15.5. The molecule has 6 nitrogen and oxygen atoms in total. The molecule has 0 unspecified atom stereocenters. The van der Waals surface area contributed by atoms with Crippen LogP contribution >= 0.6 is 0 Å². The van der Waals surface area contributed by atoms with E-state index in [0.29, 0.717) is 5.69 Å². The molecular weight excluding hydrogens is 330 g/mol. The van der Waals surface area contributed by atoms with Crippen LogP contribution in [0.25, 0.3) is 0 Å². The van der Waals surface area contributed by atoms with E-state index < -0.39 is 6.09 Å². The van der Waals surface area contributed by atoms with E-state index in [2.05, 4.69) is 41.1 Å². The van der Waals surface area contributed by atoms with E-state index in [1.165, 1.54) is 5.69 Å². The van der Waals surface area contributed by atoms with Crippen molar-refractivity contribution in [2.24, 2.45) is 0 Å². The molecule has 1 saturated heterocycles. The molecule has 2 aromatic rings. The Bertz CT molecular complexity index is 758. The Morgan fingerprint density at radius 3 is 1.92 bits per heavy atom. The minimum Gasteiger partial charge on any atom is -0.496 e. The van der Waals surface area contributed by atoms with Crippen LogP contribution in [-0.2, 0) is 0 Å². The van der Waals surface area contributed by atoms with Crippen LogP contribution in [0.3, 0.4) is 0 Å². The zero-order chi connectivity index (χ0) is 18.7. The zero-order valence-electron chi connectivity index (χ0n) is 15.5. The topological polar surface area (TPSA) is 65.0 Å². The molecule has 2 aromatic carbocycles. The largest absolute Gasteiger partial charge is 0.496 e. The fourth-order valence-corrected chi connectivity index (χ4v) is 3.53. The molecule has 0 aliphatic carbocycles. The fraction of sp³-hybridized carbons (Fsp3) is 0.350. The van der Waals surface area contributed by atoms with Crippen molar-refractivity contribution >= 4 is 23.2 Å². The SMILES string of the molecule is COc1c(C)cc(N2CCN(c3ccc(NC(=O)O)cc3)CC2)cc1C. The average molecular weight is 355 g/mol. The van der Waals surface area contributed by atoms with Gasteiger partial charge in [-0.2, -0.15) is 0 Å². The van der Waals surface area contributed by atoms with Gasteiger partial charge in [0.25, 0.3) is 0 Å². The lowest BCUT2D eigenvalue weighted by Gasteiger charge is -2.37. The van der Waals surface area contributed by atoms with Crippen molar-refractivity contribution in [1.29, 1.82) is 0 Å². The Morgan fingerprint density at radius 1 is 0.962 bits per heavy atom. The van der Waals surface area contributed by atoms with Gasteiger partial charge < -0.3 is 19.6 Å². The highest BCUT2D eigenvalue weighted by Crippen LogP contribution is 2.30. The summed E-state index contributed by atoms with van der Waals surface area (Å²) in [5.41, 5.74) is 5.26. The second-order valence-electron chi connectivity index (χ2n) is 6.56. The lowest BCUT2D eigenvalue weighted by Crippen LogP contribution is -2.46. The molecule has 1 amide bonds. The van der Waals surface area contributed by atoms with Crippen molar-refractivity contribution in [3.05, 3.63) is 47.5 Å². The van der Waals surface area contributed by atoms with E-state index >= 15 is 0 Å². The normalized spacial score (nSPS) is 14.3. The number of hydrogen-bond donors (Lipinski definition) is 2. The van der Waals surface area contributed by atoms with Gasteiger partial charge in [-0.15, -0.1) is 0 Å². The summed E-state index contributed by atoms with van der Waals surface area (Å²) in [6.45, 7) is 7.91. The van der Waals surface area contributed by atoms with E-state index in [4.69, 9.17) is 9.84 Å². The number of carbonyl (C=O) groups is 1. The van der Waals surface area contributed by atoms with Crippen LogP contribution in [0.4, 0.5) is 21.9 Å². The number of rotatable bonds is 4. The number of piperazine rings is 1. The lowest BCUT2D eigenvalue weighted by molar-refractivity contribution is 0.210. The summed E-state index contributed by atoms with van der Waals surface area (Å²) in [5.74, 6) is 0.961. The van der Waals surface area contributed by atoms with E-state index in [1.807, 2.05) is 12.1 Å². The molecule has 0 aromatic heterocycles. The van der Waals surface area contributed by atoms with Crippen molar-refractivity contribution in [2.75, 3.05) is 48.4 Å². The predicted molar refractivity (Wildman–Crippen MR) is 105 cm³/mol. The smallest absolute Gasteiger partial charge is 0.409 e. The van der Waals surface area contributed by atoms with Crippen molar-refractivity contribution in [1.82, 2.24) is 0 Å². The van der Waals surface area contributed by atoms with Gasteiger partial charge >= 0.3 is 6.09 Å². The van der Waals surface area contributed by atoms with Crippen LogP contribution in [-0.4, -0.2) is 44.5 Å². The van der Waals surface area contributed by atoms with Crippen molar-refractivity contribution in [3.8, 4) is 5.75 Å². The van der Waals surface area contributed by atoms with E-state index in [1.54, 1.807) is 19.2 Å². The molecule has 2 N–H and O–H groups in total. The van der Waals surface area contributed by atoms with Gasteiger partial charge in [0.1, 0.15) is 5.75 Å². The van der Waals surface area contributed by atoms with Crippen molar-refractivity contribution in [2.45, 2.75) is 13.8 Å². The maximum Gasteiger partial charge on any atom is 0.409 e. The lowest BCUT2D eigenvalue weighted by atomic mass is 10.1. The maximum atomic E-state index is 10.7. The van der Waals surface area contributed by atoms with E-state index in [9.17, 15) is 4.79 Å². The number of ether oxygens (including phenoxy) is 1. The van der Waals surface area contributed by atoms with Crippen LogP contribution in [0.1, 0.15) is 11.1 Å². The number of nitrogens with zero attached hydrogens (tertiary/aromatic N) is 2. The molecule has 0 atom stereocenters. The van der Waals surface area contributed by atoms with Crippen LogP contribution in [0.5, 0.6) is 5.75 Å². The van der Waals surface area contributed by atoms with Gasteiger partial charge in [0, 0.05) is 43.2 Å². The molecule has 6 heteroatoms. The molecule has 1 heterocycles. The third-order valence-corrected chi connectivity index (χ3v) is 4.78. The molecule has 0 spiro atoms. The van der Waals surface area contributed by atoms with E-state index in [-0.39, 0.29) is 0 Å². The standard InChI is InChI=1S/C20H25N3O3/c1-14-12-18(13-15(2)19(14)26-3)23-10-8-22(9-11-23)17-6-4-16(5-7-17)21-20(24)25/h4-7,12-13,21H,8-11H2,1-3H3,(H,24,25). The molecule has 3 rings (SSSR count). The molecule has 1 aliphatic rings. The number of hydrogen-bond acceptors (Lipinski definition) is 4. The van der Waals surface area contributed by atoms with Gasteiger partial charge in [0.15, 0.2) is 0 Å². The number of aryl methyl sites for hydroxylation is 2. The first-order valence-corrected chi connectivity index (χ1v) is 8.73. The Labute approximate surface area is 154 Å². The number of benzene rings is 2. The summed E-state index contributed by atoms with van der Waals surface area (Å²) < 4.78 is 5.46. The van der Waals surface area contributed by atoms with E-state index in [0.717, 1.165) is 48.7 Å². The van der Waals surface area contributed by atoms with Gasteiger partial charge in [-0.25, -0.2) is 4.79 Å². The second-order valence-corrected chi connectivity index (χ2v) is 6.56. The van der Waals surface area contributed by atoms with Gasteiger partial charge in [-0.1, -0.05) is 0 Å². The number of amides is 1. The molecule has 138 valence electrons. The molecule has 0 saturated carbocycles. The fourth-order valence-electron chi connectivity index (χ4n) is 3.53. The quantitative estimate of drug-likeness (QED) is 0.875. The Kier molecular flexibility index (Phi) is 5.21. The third kappa shape index (κ3) is 3.85. The first-order chi connectivity index (χ1) is 12.5. The highest BCUT2D eigenvalue weighted by molar-refractivity contribution is 5.83. The van der Waals surface area contributed by atoms with Crippen LogP contribution in [0.2, 0.25) is 0 Å². The predicted octanol–water partition coefficient (Wildman–Crippen LogP) is 3.73. The molecular formula is C20H25N3O3. The van der Waals surface area contributed by atoms with Crippen LogP contribution < -0.4 is 19.9 Å².